The molecule has 2 heterocycles. The van der Waals surface area contributed by atoms with Crippen LogP contribution in [0.5, 0.6) is 0 Å². The van der Waals surface area contributed by atoms with E-state index in [-0.39, 0.29) is 30.1 Å². The molecule has 1 unspecified atom stereocenters. The minimum absolute atomic E-state index is 0. The third-order valence-electron chi connectivity index (χ3n) is 5.10. The molecule has 1 fully saturated rings. The zero-order valence-corrected chi connectivity index (χ0v) is 20.7. The lowest BCUT2D eigenvalue weighted by Crippen LogP contribution is -2.41. The maximum absolute atomic E-state index is 12.7. The molecule has 10 heteroatoms. The first-order chi connectivity index (χ1) is 14.8. The number of guanidine groups is 1. The summed E-state index contributed by atoms with van der Waals surface area (Å²) in [5.74, 6) is 1.57. The number of alkyl halides is 3. The Morgan fingerprint density at radius 3 is 2.59 bits per heavy atom. The van der Waals surface area contributed by atoms with Crippen molar-refractivity contribution in [1.82, 2.24) is 15.2 Å². The molecule has 1 aliphatic rings. The molecule has 0 aliphatic carbocycles. The van der Waals surface area contributed by atoms with E-state index >= 15 is 0 Å². The summed E-state index contributed by atoms with van der Waals surface area (Å²) in [6.07, 6.45) is -2.36. The van der Waals surface area contributed by atoms with Crippen molar-refractivity contribution in [3.63, 3.8) is 0 Å². The second kappa shape index (κ2) is 11.7. The van der Waals surface area contributed by atoms with Gasteiger partial charge < -0.3 is 19.9 Å². The van der Waals surface area contributed by atoms with Gasteiger partial charge in [0.2, 0.25) is 0 Å². The van der Waals surface area contributed by atoms with E-state index in [0.29, 0.717) is 25.7 Å². The second-order valence-corrected chi connectivity index (χ2v) is 7.60. The van der Waals surface area contributed by atoms with Crippen LogP contribution in [-0.2, 0) is 24.0 Å². The Hall–Kier alpha value is -2.08. The molecule has 0 saturated carbocycles. The number of hydrogen-bond acceptors (Lipinski definition) is 4. The summed E-state index contributed by atoms with van der Waals surface area (Å²) in [5, 5.41) is 3.31. The summed E-state index contributed by atoms with van der Waals surface area (Å²) in [4.78, 5) is 12.8. The fourth-order valence-corrected chi connectivity index (χ4v) is 3.48. The number of aliphatic imine (C=N–C) groups is 1. The quantitative estimate of drug-likeness (QED) is 0.337. The maximum Gasteiger partial charge on any atom is 0.416 e. The summed E-state index contributed by atoms with van der Waals surface area (Å²) in [7, 11) is 3.53. The Balaban J connectivity index is 0.00000363. The molecule has 32 heavy (non-hydrogen) atoms. The molecule has 1 aromatic carbocycles. The van der Waals surface area contributed by atoms with Crippen molar-refractivity contribution in [2.24, 2.45) is 4.99 Å². The number of halogens is 4. The van der Waals surface area contributed by atoms with Gasteiger partial charge in [0.15, 0.2) is 5.96 Å². The molecule has 0 bridgehead atoms. The lowest BCUT2D eigenvalue weighted by molar-refractivity contribution is -0.137. The van der Waals surface area contributed by atoms with E-state index < -0.39 is 11.7 Å². The fraction of sp³-hybridized carbons (Fsp3) is 0.455. The van der Waals surface area contributed by atoms with Gasteiger partial charge in [0.1, 0.15) is 5.82 Å². The molecular formula is C22H29F3IN5O. The van der Waals surface area contributed by atoms with Crippen LogP contribution in [0.1, 0.15) is 23.6 Å². The molecule has 0 amide bonds. The standard InChI is InChI=1S/C22H28F3N5O.HI/c1-16-14-30(10-11-31-16)20-12-18(8-9-27-20)13-28-21(26-2)29(3)15-17-4-6-19(7-5-17)22(23,24)25;/h4-9,12,16H,10-11,13-15H2,1-3H3,(H,26,28);1H. The Morgan fingerprint density at radius 1 is 1.25 bits per heavy atom. The van der Waals surface area contributed by atoms with Gasteiger partial charge in [-0.2, -0.15) is 13.2 Å². The highest BCUT2D eigenvalue weighted by molar-refractivity contribution is 14.0. The van der Waals surface area contributed by atoms with Crippen LogP contribution in [0.4, 0.5) is 19.0 Å². The van der Waals surface area contributed by atoms with Gasteiger partial charge in [-0.05, 0) is 42.3 Å². The minimum Gasteiger partial charge on any atom is -0.375 e. The van der Waals surface area contributed by atoms with Crippen molar-refractivity contribution >= 4 is 35.8 Å². The zero-order chi connectivity index (χ0) is 22.4. The lowest BCUT2D eigenvalue weighted by atomic mass is 10.1. The third kappa shape index (κ3) is 7.22. The second-order valence-electron chi connectivity index (χ2n) is 7.60. The van der Waals surface area contributed by atoms with Gasteiger partial charge in [-0.25, -0.2) is 4.98 Å². The largest absolute Gasteiger partial charge is 0.416 e. The van der Waals surface area contributed by atoms with Crippen LogP contribution in [0.3, 0.4) is 0 Å². The fourth-order valence-electron chi connectivity index (χ4n) is 3.48. The van der Waals surface area contributed by atoms with Gasteiger partial charge in [0.25, 0.3) is 0 Å². The average Bonchev–Trinajstić information content (AvgIpc) is 2.74. The van der Waals surface area contributed by atoms with Crippen molar-refractivity contribution in [3.05, 3.63) is 59.3 Å². The first-order valence-corrected chi connectivity index (χ1v) is 10.2. The Labute approximate surface area is 203 Å². The summed E-state index contributed by atoms with van der Waals surface area (Å²) < 4.78 is 43.8. The van der Waals surface area contributed by atoms with Crippen LogP contribution in [0.2, 0.25) is 0 Å². The molecule has 1 saturated heterocycles. The van der Waals surface area contributed by atoms with E-state index in [2.05, 4.69) is 20.2 Å². The topological polar surface area (TPSA) is 53.0 Å². The SMILES string of the molecule is CN=C(NCc1ccnc(N2CCOC(C)C2)c1)N(C)Cc1ccc(C(F)(F)F)cc1.I. The summed E-state index contributed by atoms with van der Waals surface area (Å²) in [6, 6.07) is 9.18. The van der Waals surface area contributed by atoms with Crippen molar-refractivity contribution in [2.45, 2.75) is 32.3 Å². The number of hydrogen-bond donors (Lipinski definition) is 1. The highest BCUT2D eigenvalue weighted by Crippen LogP contribution is 2.29. The van der Waals surface area contributed by atoms with Crippen LogP contribution < -0.4 is 10.2 Å². The van der Waals surface area contributed by atoms with E-state index in [1.165, 1.54) is 12.1 Å². The Morgan fingerprint density at radius 2 is 1.97 bits per heavy atom. The first-order valence-electron chi connectivity index (χ1n) is 10.2. The Kier molecular flexibility index (Phi) is 9.56. The van der Waals surface area contributed by atoms with Gasteiger partial charge >= 0.3 is 6.18 Å². The smallest absolute Gasteiger partial charge is 0.375 e. The molecule has 3 rings (SSSR count). The van der Waals surface area contributed by atoms with Crippen molar-refractivity contribution in [2.75, 3.05) is 38.7 Å². The number of nitrogens with one attached hydrogen (secondary N) is 1. The molecule has 1 N–H and O–H groups in total. The molecule has 0 spiro atoms. The van der Waals surface area contributed by atoms with Gasteiger partial charge in [-0.15, -0.1) is 24.0 Å². The monoisotopic (exact) mass is 563 g/mol. The molecule has 1 aliphatic heterocycles. The number of rotatable bonds is 5. The molecule has 1 aromatic heterocycles. The lowest BCUT2D eigenvalue weighted by Gasteiger charge is -2.32. The van der Waals surface area contributed by atoms with Crippen LogP contribution in [0.15, 0.2) is 47.6 Å². The maximum atomic E-state index is 12.7. The molecular weight excluding hydrogens is 534 g/mol. The number of benzene rings is 1. The van der Waals surface area contributed by atoms with Crippen LogP contribution in [-0.4, -0.2) is 55.7 Å². The summed E-state index contributed by atoms with van der Waals surface area (Å²) in [6.45, 7) is 5.35. The summed E-state index contributed by atoms with van der Waals surface area (Å²) >= 11 is 0. The molecule has 2 aromatic rings. The third-order valence-corrected chi connectivity index (χ3v) is 5.10. The van der Waals surface area contributed by atoms with Gasteiger partial charge in [0.05, 0.1) is 18.3 Å². The molecule has 6 nitrogen and oxygen atoms in total. The number of pyridine rings is 1. The molecule has 0 radical (unpaired) electrons. The summed E-state index contributed by atoms with van der Waals surface area (Å²) in [5.41, 5.74) is 1.18. The minimum atomic E-state index is -4.33. The van der Waals surface area contributed by atoms with Gasteiger partial charge in [0, 0.05) is 46.5 Å². The number of aromatic nitrogens is 1. The zero-order valence-electron chi connectivity index (χ0n) is 18.4. The van der Waals surface area contributed by atoms with Crippen molar-refractivity contribution in [1.29, 1.82) is 0 Å². The van der Waals surface area contributed by atoms with E-state index in [9.17, 15) is 13.2 Å². The van der Waals surface area contributed by atoms with E-state index in [1.54, 1.807) is 13.2 Å². The van der Waals surface area contributed by atoms with Crippen molar-refractivity contribution in [3.8, 4) is 0 Å². The first kappa shape index (κ1) is 26.2. The van der Waals surface area contributed by atoms with E-state index in [4.69, 9.17) is 4.74 Å². The van der Waals surface area contributed by atoms with E-state index in [1.807, 2.05) is 31.0 Å². The number of ether oxygens (including phenoxy) is 1. The average molecular weight is 563 g/mol. The highest BCUT2D eigenvalue weighted by atomic mass is 127. The highest BCUT2D eigenvalue weighted by Gasteiger charge is 2.30. The normalized spacial score (nSPS) is 17.0. The number of nitrogens with zero attached hydrogens (tertiary/aromatic N) is 4. The van der Waals surface area contributed by atoms with Gasteiger partial charge in [-0.1, -0.05) is 12.1 Å². The van der Waals surface area contributed by atoms with Crippen LogP contribution in [0.25, 0.3) is 0 Å². The molecule has 176 valence electrons. The van der Waals surface area contributed by atoms with Crippen LogP contribution >= 0.6 is 24.0 Å². The van der Waals surface area contributed by atoms with Crippen LogP contribution in [0, 0.1) is 0 Å². The predicted octanol–water partition coefficient (Wildman–Crippen LogP) is 4.15. The van der Waals surface area contributed by atoms with Gasteiger partial charge in [-0.3, -0.25) is 4.99 Å². The number of anilines is 1. The molecule has 1 atom stereocenters. The number of morpholine rings is 1. The predicted molar refractivity (Wildman–Crippen MR) is 130 cm³/mol. The Bertz CT molecular complexity index is 892. The van der Waals surface area contributed by atoms with Crippen molar-refractivity contribution < 1.29 is 17.9 Å². The van der Waals surface area contributed by atoms with E-state index in [0.717, 1.165) is 42.2 Å².